The average molecular weight is 231 g/mol. The summed E-state index contributed by atoms with van der Waals surface area (Å²) in [7, 11) is 0. The number of carboxylic acid groups (broad SMARTS) is 1. The zero-order valence-electron chi connectivity index (χ0n) is 9.43. The monoisotopic (exact) mass is 231 g/mol. The fourth-order valence-corrected chi connectivity index (χ4v) is 1.54. The van der Waals surface area contributed by atoms with E-state index in [1.165, 1.54) is 11.6 Å². The van der Waals surface area contributed by atoms with Gasteiger partial charge in [0.25, 0.3) is 0 Å². The molecule has 0 radical (unpaired) electrons. The molecule has 2 rings (SSSR count). The molecule has 1 heterocycles. The van der Waals surface area contributed by atoms with E-state index in [-0.39, 0.29) is 5.76 Å². The van der Waals surface area contributed by atoms with Crippen LogP contribution in [-0.2, 0) is 6.54 Å². The molecular formula is C13H13NO3. The van der Waals surface area contributed by atoms with E-state index in [1.807, 2.05) is 31.2 Å². The standard InChI is InChI=1S/C13H13NO3/c1-9-4-2-3-5-10(9)8-14-12-7-6-11(17-12)13(15)16/h2-7,14H,8H2,1H3,(H,15,16). The summed E-state index contributed by atoms with van der Waals surface area (Å²) in [6.45, 7) is 2.64. The molecule has 17 heavy (non-hydrogen) atoms. The van der Waals surface area contributed by atoms with Crippen molar-refractivity contribution in [1.29, 1.82) is 0 Å². The van der Waals surface area contributed by atoms with Gasteiger partial charge in [-0.15, -0.1) is 0 Å². The van der Waals surface area contributed by atoms with Gasteiger partial charge < -0.3 is 14.8 Å². The highest BCUT2D eigenvalue weighted by Gasteiger charge is 2.08. The van der Waals surface area contributed by atoms with Gasteiger partial charge in [-0.2, -0.15) is 0 Å². The number of carbonyl (C=O) groups is 1. The molecule has 4 nitrogen and oxygen atoms in total. The van der Waals surface area contributed by atoms with E-state index in [0.717, 1.165) is 5.56 Å². The molecule has 0 saturated carbocycles. The molecule has 0 aliphatic heterocycles. The SMILES string of the molecule is Cc1ccccc1CNc1ccc(C(=O)O)o1. The Balaban J connectivity index is 2.02. The lowest BCUT2D eigenvalue weighted by molar-refractivity contribution is 0.0663. The molecule has 0 fully saturated rings. The highest BCUT2D eigenvalue weighted by molar-refractivity contribution is 5.84. The number of nitrogens with one attached hydrogen (secondary N) is 1. The number of aromatic carboxylic acids is 1. The van der Waals surface area contributed by atoms with Crippen LogP contribution >= 0.6 is 0 Å². The number of rotatable bonds is 4. The van der Waals surface area contributed by atoms with Gasteiger partial charge in [-0.3, -0.25) is 0 Å². The smallest absolute Gasteiger partial charge is 0.371 e. The molecular weight excluding hydrogens is 218 g/mol. The third kappa shape index (κ3) is 2.66. The normalized spacial score (nSPS) is 10.2. The Morgan fingerprint density at radius 2 is 2.06 bits per heavy atom. The van der Waals surface area contributed by atoms with Crippen LogP contribution in [0.4, 0.5) is 5.88 Å². The van der Waals surface area contributed by atoms with Crippen LogP contribution in [0, 0.1) is 6.92 Å². The minimum Gasteiger partial charge on any atom is -0.475 e. The highest BCUT2D eigenvalue weighted by Crippen LogP contribution is 2.15. The van der Waals surface area contributed by atoms with Crippen LogP contribution in [0.2, 0.25) is 0 Å². The molecule has 0 saturated heterocycles. The fraction of sp³-hybridized carbons (Fsp3) is 0.154. The molecule has 88 valence electrons. The molecule has 1 aromatic carbocycles. The zero-order chi connectivity index (χ0) is 12.3. The maximum absolute atomic E-state index is 10.6. The van der Waals surface area contributed by atoms with E-state index >= 15 is 0 Å². The third-order valence-electron chi connectivity index (χ3n) is 2.53. The van der Waals surface area contributed by atoms with E-state index in [2.05, 4.69) is 5.32 Å². The summed E-state index contributed by atoms with van der Waals surface area (Å²) in [5, 5.41) is 11.8. The first-order valence-electron chi connectivity index (χ1n) is 5.28. The second kappa shape index (κ2) is 4.74. The van der Waals surface area contributed by atoms with E-state index in [0.29, 0.717) is 12.4 Å². The van der Waals surface area contributed by atoms with E-state index in [4.69, 9.17) is 9.52 Å². The van der Waals surface area contributed by atoms with Crippen LogP contribution in [-0.4, -0.2) is 11.1 Å². The van der Waals surface area contributed by atoms with Crippen molar-refractivity contribution in [3.05, 3.63) is 53.3 Å². The largest absolute Gasteiger partial charge is 0.475 e. The van der Waals surface area contributed by atoms with Gasteiger partial charge >= 0.3 is 5.97 Å². The molecule has 0 aliphatic rings. The zero-order valence-corrected chi connectivity index (χ0v) is 9.43. The predicted molar refractivity (Wildman–Crippen MR) is 64.2 cm³/mol. The Morgan fingerprint density at radius 1 is 1.29 bits per heavy atom. The van der Waals surface area contributed by atoms with Crippen LogP contribution in [0.3, 0.4) is 0 Å². The highest BCUT2D eigenvalue weighted by atomic mass is 16.4. The first-order valence-corrected chi connectivity index (χ1v) is 5.28. The minimum absolute atomic E-state index is 0.0581. The Hall–Kier alpha value is -2.23. The van der Waals surface area contributed by atoms with Crippen molar-refractivity contribution in [2.24, 2.45) is 0 Å². The summed E-state index contributed by atoms with van der Waals surface area (Å²) in [5.74, 6) is -0.656. The van der Waals surface area contributed by atoms with Gasteiger partial charge in [0.1, 0.15) is 0 Å². The molecule has 4 heteroatoms. The van der Waals surface area contributed by atoms with Gasteiger partial charge in [-0.25, -0.2) is 4.79 Å². The summed E-state index contributed by atoms with van der Waals surface area (Å²) in [4.78, 5) is 10.6. The lowest BCUT2D eigenvalue weighted by atomic mass is 10.1. The maximum atomic E-state index is 10.6. The second-order valence-corrected chi connectivity index (χ2v) is 3.75. The van der Waals surface area contributed by atoms with Crippen molar-refractivity contribution >= 4 is 11.9 Å². The average Bonchev–Trinajstić information content (AvgIpc) is 2.77. The van der Waals surface area contributed by atoms with Crippen molar-refractivity contribution in [2.45, 2.75) is 13.5 Å². The van der Waals surface area contributed by atoms with E-state index in [9.17, 15) is 4.79 Å². The minimum atomic E-state index is -1.06. The van der Waals surface area contributed by atoms with Crippen LogP contribution in [0.15, 0.2) is 40.8 Å². The van der Waals surface area contributed by atoms with Crippen LogP contribution in [0.5, 0.6) is 0 Å². The summed E-state index contributed by atoms with van der Waals surface area (Å²) < 4.78 is 5.10. The Kier molecular flexibility index (Phi) is 3.14. The Labute approximate surface area is 98.9 Å². The number of aryl methyl sites for hydroxylation is 1. The van der Waals surface area contributed by atoms with E-state index in [1.54, 1.807) is 6.07 Å². The molecule has 1 aromatic heterocycles. The van der Waals surface area contributed by atoms with Crippen molar-refractivity contribution in [1.82, 2.24) is 0 Å². The summed E-state index contributed by atoms with van der Waals surface area (Å²) in [6.07, 6.45) is 0. The maximum Gasteiger partial charge on any atom is 0.371 e. The number of carboxylic acids is 1. The lowest BCUT2D eigenvalue weighted by Gasteiger charge is -2.05. The van der Waals surface area contributed by atoms with Gasteiger partial charge in [0.15, 0.2) is 5.88 Å². The van der Waals surface area contributed by atoms with Crippen LogP contribution < -0.4 is 5.32 Å². The van der Waals surface area contributed by atoms with Crippen molar-refractivity contribution < 1.29 is 14.3 Å². The van der Waals surface area contributed by atoms with Gasteiger partial charge in [0.2, 0.25) is 5.76 Å². The number of furan rings is 1. The Morgan fingerprint density at radius 3 is 2.71 bits per heavy atom. The molecule has 0 spiro atoms. The fourth-order valence-electron chi connectivity index (χ4n) is 1.54. The molecule has 2 aromatic rings. The number of benzene rings is 1. The molecule has 0 amide bonds. The van der Waals surface area contributed by atoms with E-state index < -0.39 is 5.97 Å². The van der Waals surface area contributed by atoms with Gasteiger partial charge in [0, 0.05) is 12.6 Å². The van der Waals surface area contributed by atoms with Gasteiger partial charge in [-0.1, -0.05) is 24.3 Å². The number of hydrogen-bond donors (Lipinski definition) is 2. The molecule has 2 N–H and O–H groups in total. The van der Waals surface area contributed by atoms with Crippen molar-refractivity contribution in [3.8, 4) is 0 Å². The molecule has 0 aliphatic carbocycles. The molecule has 0 atom stereocenters. The second-order valence-electron chi connectivity index (χ2n) is 3.75. The first-order chi connectivity index (χ1) is 8.16. The van der Waals surface area contributed by atoms with Crippen LogP contribution in [0.1, 0.15) is 21.7 Å². The van der Waals surface area contributed by atoms with Crippen molar-refractivity contribution in [3.63, 3.8) is 0 Å². The van der Waals surface area contributed by atoms with Gasteiger partial charge in [0.05, 0.1) is 0 Å². The van der Waals surface area contributed by atoms with Crippen molar-refractivity contribution in [2.75, 3.05) is 5.32 Å². The lowest BCUT2D eigenvalue weighted by Crippen LogP contribution is -2.00. The summed E-state index contributed by atoms with van der Waals surface area (Å²) in [5.41, 5.74) is 2.34. The van der Waals surface area contributed by atoms with Crippen LogP contribution in [0.25, 0.3) is 0 Å². The molecule has 0 unspecified atom stereocenters. The topological polar surface area (TPSA) is 62.5 Å². The third-order valence-corrected chi connectivity index (χ3v) is 2.53. The summed E-state index contributed by atoms with van der Waals surface area (Å²) >= 11 is 0. The predicted octanol–water partition coefficient (Wildman–Crippen LogP) is 2.90. The summed E-state index contributed by atoms with van der Waals surface area (Å²) in [6, 6.07) is 11.0. The molecule has 0 bridgehead atoms. The first kappa shape index (κ1) is 11.3. The quantitative estimate of drug-likeness (QED) is 0.849. The Bertz CT molecular complexity index is 531. The number of anilines is 1. The number of hydrogen-bond acceptors (Lipinski definition) is 3. The van der Waals surface area contributed by atoms with Gasteiger partial charge in [-0.05, 0) is 24.1 Å².